The van der Waals surface area contributed by atoms with Crippen molar-refractivity contribution in [2.45, 2.75) is 6.92 Å². The lowest BCUT2D eigenvalue weighted by molar-refractivity contribution is -0.129. The maximum Gasteiger partial charge on any atom is 0.363 e. The number of ether oxygens (including phenoxy) is 2. The van der Waals surface area contributed by atoms with Crippen molar-refractivity contribution in [3.8, 4) is 5.75 Å². The number of rotatable bonds is 5. The molecule has 0 bridgehead atoms. The lowest BCUT2D eigenvalue weighted by Crippen LogP contribution is -2.05. The highest BCUT2D eigenvalue weighted by molar-refractivity contribution is 9.10. The third kappa shape index (κ3) is 4.25. The van der Waals surface area contributed by atoms with Crippen LogP contribution in [0.3, 0.4) is 0 Å². The average molecular weight is 398 g/mol. The highest BCUT2D eigenvalue weighted by Crippen LogP contribution is 2.25. The molecule has 0 saturated heterocycles. The molecule has 2 aromatic carbocycles. The Morgan fingerprint density at radius 1 is 1.24 bits per heavy atom. The van der Waals surface area contributed by atoms with E-state index < -0.39 is 5.97 Å². The van der Waals surface area contributed by atoms with E-state index in [1.54, 1.807) is 6.08 Å². The summed E-state index contributed by atoms with van der Waals surface area (Å²) in [7, 11) is 0. The van der Waals surface area contributed by atoms with Gasteiger partial charge in [0.25, 0.3) is 0 Å². The molecule has 3 rings (SSSR count). The first-order valence-corrected chi connectivity index (χ1v) is 8.47. The molecule has 0 N–H and O–H groups in total. The van der Waals surface area contributed by atoms with Gasteiger partial charge in [0.05, 0.1) is 0 Å². The second kappa shape index (κ2) is 7.49. The molecule has 0 saturated carbocycles. The average Bonchev–Trinajstić information content (AvgIpc) is 2.95. The van der Waals surface area contributed by atoms with E-state index in [0.29, 0.717) is 18.3 Å². The Morgan fingerprint density at radius 3 is 2.68 bits per heavy atom. The van der Waals surface area contributed by atoms with Crippen LogP contribution in [-0.4, -0.2) is 18.5 Å². The summed E-state index contributed by atoms with van der Waals surface area (Å²) in [4.78, 5) is 16.5. The van der Waals surface area contributed by atoms with Crippen molar-refractivity contribution >= 4 is 33.9 Å². The molecular formula is C20H16BrNO3. The molecule has 25 heavy (non-hydrogen) atoms. The highest BCUT2D eigenvalue weighted by Gasteiger charge is 2.24. The van der Waals surface area contributed by atoms with Crippen LogP contribution in [0, 0.1) is 0 Å². The number of nitrogens with zero attached hydrogens (tertiary/aromatic N) is 1. The van der Waals surface area contributed by atoms with Gasteiger partial charge in [0.1, 0.15) is 12.4 Å². The largest absolute Gasteiger partial charge is 0.489 e. The van der Waals surface area contributed by atoms with E-state index in [0.717, 1.165) is 21.2 Å². The van der Waals surface area contributed by atoms with Crippen molar-refractivity contribution in [1.82, 2.24) is 0 Å². The minimum Gasteiger partial charge on any atom is -0.489 e. The number of cyclic esters (lactones) is 1. The zero-order valence-electron chi connectivity index (χ0n) is 13.7. The molecule has 2 aromatic rings. The fourth-order valence-corrected chi connectivity index (χ4v) is 2.47. The molecule has 1 aliphatic rings. The predicted molar refractivity (Wildman–Crippen MR) is 101 cm³/mol. The first kappa shape index (κ1) is 17.2. The van der Waals surface area contributed by atoms with E-state index >= 15 is 0 Å². The Morgan fingerprint density at radius 2 is 1.96 bits per heavy atom. The standard InChI is InChI=1S/C20H16BrNO3/c1-13(2)12-24-18-6-4-3-5-15(18)11-17-20(23)25-19(22-17)14-7-9-16(21)10-8-14/h3-11H,1,12H2,2H3/b17-11-. The van der Waals surface area contributed by atoms with Gasteiger partial charge in [-0.2, -0.15) is 0 Å². The first-order valence-electron chi connectivity index (χ1n) is 7.67. The van der Waals surface area contributed by atoms with Crippen LogP contribution in [0.5, 0.6) is 5.75 Å². The number of para-hydroxylation sites is 1. The van der Waals surface area contributed by atoms with Gasteiger partial charge >= 0.3 is 5.97 Å². The molecule has 1 aliphatic heterocycles. The molecule has 0 spiro atoms. The maximum absolute atomic E-state index is 12.1. The van der Waals surface area contributed by atoms with E-state index in [-0.39, 0.29) is 5.70 Å². The topological polar surface area (TPSA) is 47.9 Å². The molecule has 1 heterocycles. The summed E-state index contributed by atoms with van der Waals surface area (Å²) in [6.45, 7) is 6.13. The molecule has 0 amide bonds. The fourth-order valence-electron chi connectivity index (χ4n) is 2.20. The zero-order chi connectivity index (χ0) is 17.8. The van der Waals surface area contributed by atoms with Crippen molar-refractivity contribution in [2.24, 2.45) is 4.99 Å². The SMILES string of the molecule is C=C(C)COc1ccccc1/C=C1\N=C(c2ccc(Br)cc2)OC1=O. The predicted octanol–water partition coefficient (Wildman–Crippen LogP) is 4.75. The number of hydrogen-bond donors (Lipinski definition) is 0. The van der Waals surface area contributed by atoms with Crippen LogP contribution in [0.25, 0.3) is 6.08 Å². The molecule has 0 atom stereocenters. The molecule has 0 unspecified atom stereocenters. The van der Waals surface area contributed by atoms with E-state index in [4.69, 9.17) is 9.47 Å². The van der Waals surface area contributed by atoms with Crippen LogP contribution >= 0.6 is 15.9 Å². The van der Waals surface area contributed by atoms with Crippen molar-refractivity contribution in [3.05, 3.63) is 82.0 Å². The van der Waals surface area contributed by atoms with Crippen molar-refractivity contribution < 1.29 is 14.3 Å². The third-order valence-corrected chi connectivity index (χ3v) is 3.93. The minimum atomic E-state index is -0.479. The number of halogens is 1. The van der Waals surface area contributed by atoms with Gasteiger partial charge in [0.2, 0.25) is 5.90 Å². The van der Waals surface area contributed by atoms with Crippen LogP contribution < -0.4 is 4.74 Å². The van der Waals surface area contributed by atoms with Crippen LogP contribution in [-0.2, 0) is 9.53 Å². The second-order valence-corrected chi connectivity index (χ2v) is 6.54. The molecular weight excluding hydrogens is 382 g/mol. The summed E-state index contributed by atoms with van der Waals surface area (Å²) in [6, 6.07) is 14.9. The van der Waals surface area contributed by atoms with E-state index in [2.05, 4.69) is 27.5 Å². The number of esters is 1. The van der Waals surface area contributed by atoms with Crippen molar-refractivity contribution in [3.63, 3.8) is 0 Å². The lowest BCUT2D eigenvalue weighted by Gasteiger charge is -2.08. The Kier molecular flexibility index (Phi) is 5.14. The van der Waals surface area contributed by atoms with E-state index in [1.165, 1.54) is 0 Å². The van der Waals surface area contributed by atoms with Gasteiger partial charge in [-0.15, -0.1) is 0 Å². The molecule has 0 aliphatic carbocycles. The summed E-state index contributed by atoms with van der Waals surface area (Å²) in [5.74, 6) is 0.481. The van der Waals surface area contributed by atoms with Crippen LogP contribution in [0.4, 0.5) is 0 Å². The van der Waals surface area contributed by atoms with E-state index in [9.17, 15) is 4.79 Å². The number of hydrogen-bond acceptors (Lipinski definition) is 4. The Bertz CT molecular complexity index is 882. The molecule has 126 valence electrons. The van der Waals surface area contributed by atoms with Gasteiger partial charge < -0.3 is 9.47 Å². The normalized spacial score (nSPS) is 15.0. The smallest absolute Gasteiger partial charge is 0.363 e. The van der Waals surface area contributed by atoms with Crippen molar-refractivity contribution in [1.29, 1.82) is 0 Å². The zero-order valence-corrected chi connectivity index (χ0v) is 15.2. The van der Waals surface area contributed by atoms with Gasteiger partial charge in [-0.1, -0.05) is 40.7 Å². The van der Waals surface area contributed by atoms with Gasteiger partial charge in [-0.3, -0.25) is 0 Å². The van der Waals surface area contributed by atoms with Crippen LogP contribution in [0.1, 0.15) is 18.1 Å². The summed E-state index contributed by atoms with van der Waals surface area (Å²) >= 11 is 3.38. The van der Waals surface area contributed by atoms with Gasteiger partial charge in [-0.05, 0) is 48.9 Å². The van der Waals surface area contributed by atoms with Gasteiger partial charge in [0, 0.05) is 15.6 Å². The Balaban J connectivity index is 1.89. The van der Waals surface area contributed by atoms with E-state index in [1.807, 2.05) is 55.5 Å². The third-order valence-electron chi connectivity index (χ3n) is 3.40. The quantitative estimate of drug-likeness (QED) is 0.415. The molecule has 0 aromatic heterocycles. The second-order valence-electron chi connectivity index (χ2n) is 5.63. The van der Waals surface area contributed by atoms with Gasteiger partial charge in [-0.25, -0.2) is 9.79 Å². The minimum absolute atomic E-state index is 0.240. The summed E-state index contributed by atoms with van der Waals surface area (Å²) in [6.07, 6.45) is 1.67. The molecule has 5 heteroatoms. The molecule has 0 fully saturated rings. The summed E-state index contributed by atoms with van der Waals surface area (Å²) in [5.41, 5.74) is 2.66. The monoisotopic (exact) mass is 397 g/mol. The first-order chi connectivity index (χ1) is 12.0. The molecule has 4 nitrogen and oxygen atoms in total. The fraction of sp³-hybridized carbons (Fsp3) is 0.100. The maximum atomic E-state index is 12.1. The number of benzene rings is 2. The van der Waals surface area contributed by atoms with Crippen LogP contribution in [0.2, 0.25) is 0 Å². The van der Waals surface area contributed by atoms with Gasteiger partial charge in [0.15, 0.2) is 5.70 Å². The number of aliphatic imine (C=N–C) groups is 1. The number of carbonyl (C=O) groups excluding carboxylic acids is 1. The van der Waals surface area contributed by atoms with Crippen LogP contribution in [0.15, 0.2) is 75.8 Å². The molecule has 0 radical (unpaired) electrons. The summed E-state index contributed by atoms with van der Waals surface area (Å²) in [5, 5.41) is 0. The Hall–Kier alpha value is -2.66. The van der Waals surface area contributed by atoms with Crippen molar-refractivity contribution in [2.75, 3.05) is 6.61 Å². The highest BCUT2D eigenvalue weighted by atomic mass is 79.9. The number of carbonyl (C=O) groups is 1. The Labute approximate surface area is 154 Å². The summed E-state index contributed by atoms with van der Waals surface area (Å²) < 4.78 is 11.9. The lowest BCUT2D eigenvalue weighted by atomic mass is 10.1.